The zero-order valence-electron chi connectivity index (χ0n) is 13.8. The Morgan fingerprint density at radius 1 is 1.21 bits per heavy atom. The first kappa shape index (κ1) is 17.9. The average molecular weight is 349 g/mol. The third-order valence-electron chi connectivity index (χ3n) is 5.91. The highest BCUT2D eigenvalue weighted by Gasteiger charge is 2.51. The second kappa shape index (κ2) is 6.80. The molecule has 1 spiro atoms. The Labute approximate surface area is 140 Å². The van der Waals surface area contributed by atoms with Crippen LogP contribution in [0.5, 0.6) is 0 Å². The van der Waals surface area contributed by atoms with Crippen LogP contribution in [0.4, 0.5) is 13.2 Å². The van der Waals surface area contributed by atoms with Gasteiger partial charge in [-0.3, -0.25) is 14.6 Å². The van der Waals surface area contributed by atoms with Crippen molar-refractivity contribution < 1.29 is 23.1 Å². The summed E-state index contributed by atoms with van der Waals surface area (Å²) in [6, 6.07) is 0.129. The summed E-state index contributed by atoms with van der Waals surface area (Å²) in [6.07, 6.45) is -0.465. The molecule has 5 nitrogen and oxygen atoms in total. The van der Waals surface area contributed by atoms with Crippen LogP contribution in [0.15, 0.2) is 0 Å². The maximum absolute atomic E-state index is 12.5. The van der Waals surface area contributed by atoms with Gasteiger partial charge in [-0.05, 0) is 25.7 Å². The van der Waals surface area contributed by atoms with Gasteiger partial charge < -0.3 is 10.4 Å². The molecule has 2 saturated heterocycles. The quantitative estimate of drug-likeness (QED) is 0.810. The fourth-order valence-electron chi connectivity index (χ4n) is 4.47. The fourth-order valence-corrected chi connectivity index (χ4v) is 4.47. The normalized spacial score (nSPS) is 32.2. The Hall–Kier alpha value is -0.860. The fraction of sp³-hybridized carbons (Fsp3) is 0.938. The Balaban J connectivity index is 1.62. The molecule has 0 aromatic carbocycles. The van der Waals surface area contributed by atoms with Crippen LogP contribution in [0.2, 0.25) is 0 Å². The first-order valence-corrected chi connectivity index (χ1v) is 8.84. The van der Waals surface area contributed by atoms with E-state index < -0.39 is 18.1 Å². The number of hydrogen-bond donors (Lipinski definition) is 2. The number of rotatable bonds is 3. The molecule has 0 bridgehead atoms. The Kier molecular flexibility index (Phi) is 5.09. The largest absolute Gasteiger partial charge is 0.391 e. The molecule has 3 aliphatic rings. The number of aliphatic hydroxyl groups excluding tert-OH is 1. The van der Waals surface area contributed by atoms with Gasteiger partial charge in [0.15, 0.2) is 0 Å². The predicted molar refractivity (Wildman–Crippen MR) is 82.2 cm³/mol. The Morgan fingerprint density at radius 2 is 1.88 bits per heavy atom. The van der Waals surface area contributed by atoms with Crippen LogP contribution in [0, 0.1) is 0 Å². The number of aliphatic hydroxyl groups is 1. The number of likely N-dealkylation sites (tertiary alicyclic amines) is 1. The molecule has 8 heteroatoms. The van der Waals surface area contributed by atoms with Crippen molar-refractivity contribution >= 4 is 5.91 Å². The van der Waals surface area contributed by atoms with Gasteiger partial charge in [0.1, 0.15) is 5.54 Å². The van der Waals surface area contributed by atoms with Gasteiger partial charge in [0, 0.05) is 25.7 Å². The van der Waals surface area contributed by atoms with Crippen LogP contribution in [0.3, 0.4) is 0 Å². The molecule has 0 radical (unpaired) electrons. The molecule has 2 N–H and O–H groups in total. The van der Waals surface area contributed by atoms with E-state index in [9.17, 15) is 23.1 Å². The maximum atomic E-state index is 12.5. The molecule has 3 rings (SSSR count). The van der Waals surface area contributed by atoms with Gasteiger partial charge in [-0.15, -0.1) is 0 Å². The number of carbonyl (C=O) groups is 1. The van der Waals surface area contributed by atoms with Gasteiger partial charge in [-0.25, -0.2) is 0 Å². The van der Waals surface area contributed by atoms with E-state index in [1.165, 1.54) is 0 Å². The summed E-state index contributed by atoms with van der Waals surface area (Å²) < 4.78 is 37.6. The molecule has 24 heavy (non-hydrogen) atoms. The van der Waals surface area contributed by atoms with Gasteiger partial charge in [0.2, 0.25) is 5.91 Å². The lowest BCUT2D eigenvalue weighted by Gasteiger charge is -2.46. The van der Waals surface area contributed by atoms with Crippen LogP contribution in [-0.4, -0.2) is 71.0 Å². The molecule has 1 amide bonds. The van der Waals surface area contributed by atoms with Gasteiger partial charge in [0.25, 0.3) is 0 Å². The molecule has 1 aliphatic carbocycles. The van der Waals surface area contributed by atoms with Crippen LogP contribution >= 0.6 is 0 Å². The van der Waals surface area contributed by atoms with Crippen molar-refractivity contribution in [3.8, 4) is 0 Å². The highest BCUT2D eigenvalue weighted by atomic mass is 19.4. The number of hydrogen-bond acceptors (Lipinski definition) is 4. The average Bonchev–Trinajstić information content (AvgIpc) is 2.83. The molecule has 2 atom stereocenters. The third-order valence-corrected chi connectivity index (χ3v) is 5.91. The highest BCUT2D eigenvalue weighted by molar-refractivity contribution is 5.88. The van der Waals surface area contributed by atoms with Crippen LogP contribution in [-0.2, 0) is 4.79 Å². The van der Waals surface area contributed by atoms with Crippen LogP contribution < -0.4 is 5.32 Å². The van der Waals surface area contributed by atoms with E-state index in [0.717, 1.165) is 25.7 Å². The SMILES string of the molecule is O=C1NCN(CCC(F)(F)F)C12CCN([C@@H]1CCCC[C@H]1O)CC2. The number of alkyl halides is 3. The lowest BCUT2D eigenvalue weighted by atomic mass is 9.83. The monoisotopic (exact) mass is 349 g/mol. The lowest BCUT2D eigenvalue weighted by molar-refractivity contribution is -0.145. The molecule has 2 heterocycles. The summed E-state index contributed by atoms with van der Waals surface area (Å²) in [5.74, 6) is -0.145. The zero-order chi connectivity index (χ0) is 17.4. The molecular formula is C16H26F3N3O2. The van der Waals surface area contributed by atoms with E-state index in [-0.39, 0.29) is 31.3 Å². The minimum absolute atomic E-state index is 0.129. The van der Waals surface area contributed by atoms with E-state index in [2.05, 4.69) is 10.2 Å². The number of amides is 1. The third kappa shape index (κ3) is 3.55. The number of halogens is 3. The number of nitrogens with one attached hydrogen (secondary N) is 1. The van der Waals surface area contributed by atoms with E-state index >= 15 is 0 Å². The lowest BCUT2D eigenvalue weighted by Crippen LogP contribution is -2.59. The minimum atomic E-state index is -4.21. The maximum Gasteiger partial charge on any atom is 0.390 e. The van der Waals surface area contributed by atoms with Crippen molar-refractivity contribution in [2.24, 2.45) is 0 Å². The highest BCUT2D eigenvalue weighted by Crippen LogP contribution is 2.36. The molecule has 0 unspecified atom stereocenters. The van der Waals surface area contributed by atoms with Crippen LogP contribution in [0.25, 0.3) is 0 Å². The molecule has 0 aromatic rings. The number of carbonyl (C=O) groups excluding carboxylic acids is 1. The first-order chi connectivity index (χ1) is 11.3. The van der Waals surface area contributed by atoms with Gasteiger partial charge in [0.05, 0.1) is 19.2 Å². The minimum Gasteiger partial charge on any atom is -0.391 e. The van der Waals surface area contributed by atoms with Crippen molar-refractivity contribution in [2.75, 3.05) is 26.3 Å². The first-order valence-electron chi connectivity index (χ1n) is 8.84. The molecule has 0 aromatic heterocycles. The summed E-state index contributed by atoms with van der Waals surface area (Å²) in [7, 11) is 0. The number of piperidine rings is 1. The molecular weight excluding hydrogens is 323 g/mol. The summed E-state index contributed by atoms with van der Waals surface area (Å²) in [5, 5.41) is 12.9. The Bertz CT molecular complexity index is 464. The van der Waals surface area contributed by atoms with Crippen molar-refractivity contribution in [3.05, 3.63) is 0 Å². The van der Waals surface area contributed by atoms with Crippen molar-refractivity contribution in [1.29, 1.82) is 0 Å². The van der Waals surface area contributed by atoms with Gasteiger partial charge in [-0.1, -0.05) is 12.8 Å². The van der Waals surface area contributed by atoms with E-state index in [1.54, 1.807) is 4.90 Å². The standard InChI is InChI=1S/C16H26F3N3O2/c17-16(18,19)7-10-22-11-20-14(24)15(22)5-8-21(9-6-15)12-3-1-2-4-13(12)23/h12-13,23H,1-11H2,(H,20,24)/t12-,13-/m1/s1. The topological polar surface area (TPSA) is 55.8 Å². The zero-order valence-corrected chi connectivity index (χ0v) is 13.8. The van der Waals surface area contributed by atoms with Gasteiger partial charge >= 0.3 is 6.18 Å². The van der Waals surface area contributed by atoms with Crippen molar-refractivity contribution in [2.45, 2.75) is 68.8 Å². The molecule has 138 valence electrons. The molecule has 3 fully saturated rings. The van der Waals surface area contributed by atoms with Crippen molar-refractivity contribution in [1.82, 2.24) is 15.1 Å². The Morgan fingerprint density at radius 3 is 2.50 bits per heavy atom. The number of nitrogens with zero attached hydrogens (tertiary/aromatic N) is 2. The molecule has 2 aliphatic heterocycles. The van der Waals surface area contributed by atoms with E-state index in [1.807, 2.05) is 0 Å². The van der Waals surface area contributed by atoms with E-state index in [0.29, 0.717) is 25.9 Å². The smallest absolute Gasteiger partial charge is 0.390 e. The summed E-state index contributed by atoms with van der Waals surface area (Å²) >= 11 is 0. The molecule has 1 saturated carbocycles. The van der Waals surface area contributed by atoms with E-state index in [4.69, 9.17) is 0 Å². The predicted octanol–water partition coefficient (Wildman–Crippen LogP) is 1.47. The van der Waals surface area contributed by atoms with Gasteiger partial charge in [-0.2, -0.15) is 13.2 Å². The summed E-state index contributed by atoms with van der Waals surface area (Å²) in [5.41, 5.74) is -0.804. The second-order valence-corrected chi connectivity index (χ2v) is 7.28. The van der Waals surface area contributed by atoms with Crippen LogP contribution in [0.1, 0.15) is 44.9 Å². The van der Waals surface area contributed by atoms with Crippen molar-refractivity contribution in [3.63, 3.8) is 0 Å². The second-order valence-electron chi connectivity index (χ2n) is 7.28. The summed E-state index contributed by atoms with van der Waals surface area (Å²) in [6.45, 7) is 1.35. The summed E-state index contributed by atoms with van der Waals surface area (Å²) in [4.78, 5) is 16.2.